The van der Waals surface area contributed by atoms with E-state index in [1.54, 1.807) is 0 Å². The zero-order valence-corrected chi connectivity index (χ0v) is 9.66. The van der Waals surface area contributed by atoms with Gasteiger partial charge in [-0.25, -0.2) is 4.79 Å². The highest BCUT2D eigenvalue weighted by molar-refractivity contribution is 5.83. The normalized spacial score (nSPS) is 11.6. The van der Waals surface area contributed by atoms with Crippen molar-refractivity contribution in [3.05, 3.63) is 24.8 Å². The molecule has 0 saturated carbocycles. The van der Waals surface area contributed by atoms with Crippen LogP contribution in [-0.2, 0) is 9.59 Å². The lowest BCUT2D eigenvalue weighted by Crippen LogP contribution is -2.40. The number of carboxylic acid groups (broad SMARTS) is 1. The number of carbonyl (C=O) groups is 2. The second-order valence-corrected chi connectivity index (χ2v) is 3.63. The Morgan fingerprint density at radius 1 is 1.50 bits per heavy atom. The predicted octanol–water partition coefficient (Wildman–Crippen LogP) is 1.88. The third-order valence-electron chi connectivity index (χ3n) is 2.15. The Balaban J connectivity index is 4.22. The van der Waals surface area contributed by atoms with Gasteiger partial charge in [0.2, 0.25) is 5.91 Å². The lowest BCUT2D eigenvalue weighted by atomic mass is 10.1. The highest BCUT2D eigenvalue weighted by atomic mass is 16.4. The summed E-state index contributed by atoms with van der Waals surface area (Å²) in [5.74, 6) is -1.28. The molecule has 16 heavy (non-hydrogen) atoms. The SMILES string of the molecule is C=CC(=C)CC(NC(=O)CCCC)C(=O)O. The fourth-order valence-corrected chi connectivity index (χ4v) is 1.15. The van der Waals surface area contributed by atoms with E-state index in [0.717, 1.165) is 12.8 Å². The molecule has 0 saturated heterocycles. The fourth-order valence-electron chi connectivity index (χ4n) is 1.15. The molecular formula is C12H19NO3. The van der Waals surface area contributed by atoms with E-state index < -0.39 is 12.0 Å². The standard InChI is InChI=1S/C12H19NO3/c1-4-6-7-11(14)13-10(12(15)16)8-9(3)5-2/h5,10H,2-4,6-8H2,1H3,(H,13,14)(H,15,16). The van der Waals surface area contributed by atoms with Crippen LogP contribution >= 0.6 is 0 Å². The van der Waals surface area contributed by atoms with Crippen LogP contribution in [0.1, 0.15) is 32.6 Å². The maximum Gasteiger partial charge on any atom is 0.326 e. The molecule has 0 rings (SSSR count). The maximum atomic E-state index is 11.4. The van der Waals surface area contributed by atoms with Gasteiger partial charge in [-0.05, 0) is 6.42 Å². The van der Waals surface area contributed by atoms with E-state index in [9.17, 15) is 9.59 Å². The number of allylic oxidation sites excluding steroid dienone is 1. The molecule has 1 unspecified atom stereocenters. The summed E-state index contributed by atoms with van der Waals surface area (Å²) in [6.45, 7) is 9.10. The largest absolute Gasteiger partial charge is 0.480 e. The van der Waals surface area contributed by atoms with Crippen molar-refractivity contribution in [1.29, 1.82) is 0 Å². The van der Waals surface area contributed by atoms with E-state index in [1.807, 2.05) is 6.92 Å². The van der Waals surface area contributed by atoms with E-state index in [4.69, 9.17) is 5.11 Å². The summed E-state index contributed by atoms with van der Waals surface area (Å²) < 4.78 is 0. The Kier molecular flexibility index (Phi) is 6.92. The quantitative estimate of drug-likeness (QED) is 0.620. The molecule has 90 valence electrons. The van der Waals surface area contributed by atoms with Crippen molar-refractivity contribution < 1.29 is 14.7 Å². The highest BCUT2D eigenvalue weighted by Gasteiger charge is 2.19. The summed E-state index contributed by atoms with van der Waals surface area (Å²) in [7, 11) is 0. The van der Waals surface area contributed by atoms with Gasteiger partial charge in [-0.2, -0.15) is 0 Å². The summed E-state index contributed by atoms with van der Waals surface area (Å²) in [6.07, 6.45) is 3.72. The molecule has 4 heteroatoms. The Morgan fingerprint density at radius 3 is 2.56 bits per heavy atom. The number of hydrogen-bond donors (Lipinski definition) is 2. The Hall–Kier alpha value is -1.58. The average Bonchev–Trinajstić information content (AvgIpc) is 2.24. The van der Waals surface area contributed by atoms with Gasteiger partial charge >= 0.3 is 5.97 Å². The summed E-state index contributed by atoms with van der Waals surface area (Å²) in [6, 6.07) is -0.908. The molecule has 0 aromatic carbocycles. The van der Waals surface area contributed by atoms with Crippen molar-refractivity contribution in [1.82, 2.24) is 5.32 Å². The first kappa shape index (κ1) is 14.4. The van der Waals surface area contributed by atoms with Gasteiger partial charge in [0.05, 0.1) is 0 Å². The van der Waals surface area contributed by atoms with Crippen LogP contribution in [0.15, 0.2) is 24.8 Å². The summed E-state index contributed by atoms with van der Waals surface area (Å²) in [4.78, 5) is 22.2. The predicted molar refractivity (Wildman–Crippen MR) is 63.0 cm³/mol. The van der Waals surface area contributed by atoms with Crippen molar-refractivity contribution in [3.63, 3.8) is 0 Å². The van der Waals surface area contributed by atoms with Gasteiger partial charge in [0.1, 0.15) is 6.04 Å². The van der Waals surface area contributed by atoms with Crippen LogP contribution in [0.25, 0.3) is 0 Å². The van der Waals surface area contributed by atoms with Crippen molar-refractivity contribution in [2.24, 2.45) is 0 Å². The Morgan fingerprint density at radius 2 is 2.12 bits per heavy atom. The van der Waals surface area contributed by atoms with E-state index >= 15 is 0 Å². The second kappa shape index (κ2) is 7.68. The van der Waals surface area contributed by atoms with Crippen molar-refractivity contribution in [2.45, 2.75) is 38.6 Å². The molecule has 4 nitrogen and oxygen atoms in total. The van der Waals surface area contributed by atoms with Crippen LogP contribution in [0.2, 0.25) is 0 Å². The number of nitrogens with one attached hydrogen (secondary N) is 1. The zero-order chi connectivity index (χ0) is 12.6. The average molecular weight is 225 g/mol. The number of rotatable bonds is 8. The third kappa shape index (κ3) is 6.01. The lowest BCUT2D eigenvalue weighted by Gasteiger charge is -2.14. The van der Waals surface area contributed by atoms with Crippen molar-refractivity contribution in [3.8, 4) is 0 Å². The summed E-state index contributed by atoms with van der Waals surface area (Å²) in [5.41, 5.74) is 0.600. The minimum absolute atomic E-state index is 0.191. The van der Waals surface area contributed by atoms with Gasteiger partial charge < -0.3 is 10.4 Å². The monoisotopic (exact) mass is 225 g/mol. The minimum Gasteiger partial charge on any atom is -0.480 e. The van der Waals surface area contributed by atoms with Crippen LogP contribution in [-0.4, -0.2) is 23.0 Å². The molecule has 1 atom stereocenters. The molecule has 0 aromatic rings. The lowest BCUT2D eigenvalue weighted by molar-refractivity contribution is -0.141. The molecule has 0 fully saturated rings. The van der Waals surface area contributed by atoms with Crippen molar-refractivity contribution >= 4 is 11.9 Å². The molecule has 0 aliphatic rings. The molecule has 2 N–H and O–H groups in total. The molecule has 0 aliphatic heterocycles. The number of unbranched alkanes of at least 4 members (excludes halogenated alkanes) is 1. The molecule has 0 heterocycles. The van der Waals surface area contributed by atoms with E-state index in [0.29, 0.717) is 12.0 Å². The van der Waals surface area contributed by atoms with Crippen LogP contribution in [0, 0.1) is 0 Å². The number of hydrogen-bond acceptors (Lipinski definition) is 2. The van der Waals surface area contributed by atoms with Gasteiger partial charge in [0, 0.05) is 12.8 Å². The molecular weight excluding hydrogens is 206 g/mol. The first-order valence-electron chi connectivity index (χ1n) is 5.33. The first-order valence-corrected chi connectivity index (χ1v) is 5.33. The van der Waals surface area contributed by atoms with Gasteiger partial charge in [-0.1, -0.05) is 38.2 Å². The number of carboxylic acids is 1. The molecule has 0 aromatic heterocycles. The van der Waals surface area contributed by atoms with Gasteiger partial charge in [0.15, 0.2) is 0 Å². The third-order valence-corrected chi connectivity index (χ3v) is 2.15. The molecule has 0 bridgehead atoms. The molecule has 0 aliphatic carbocycles. The first-order chi connectivity index (χ1) is 7.51. The van der Waals surface area contributed by atoms with E-state index in [1.165, 1.54) is 6.08 Å². The molecule has 0 spiro atoms. The summed E-state index contributed by atoms with van der Waals surface area (Å²) >= 11 is 0. The van der Waals surface area contributed by atoms with Gasteiger partial charge in [0.25, 0.3) is 0 Å². The highest BCUT2D eigenvalue weighted by Crippen LogP contribution is 2.05. The number of carbonyl (C=O) groups excluding carboxylic acids is 1. The molecule has 0 radical (unpaired) electrons. The minimum atomic E-state index is -1.05. The molecule has 1 amide bonds. The number of amides is 1. The van der Waals surface area contributed by atoms with E-state index in [2.05, 4.69) is 18.5 Å². The zero-order valence-electron chi connectivity index (χ0n) is 9.66. The second-order valence-electron chi connectivity index (χ2n) is 3.63. The fraction of sp³-hybridized carbons (Fsp3) is 0.500. The van der Waals surface area contributed by atoms with Gasteiger partial charge in [-0.3, -0.25) is 4.79 Å². The summed E-state index contributed by atoms with van der Waals surface area (Å²) in [5, 5.41) is 11.4. The van der Waals surface area contributed by atoms with Crippen LogP contribution in [0.3, 0.4) is 0 Å². The smallest absolute Gasteiger partial charge is 0.326 e. The van der Waals surface area contributed by atoms with Crippen LogP contribution in [0.5, 0.6) is 0 Å². The van der Waals surface area contributed by atoms with Crippen LogP contribution < -0.4 is 5.32 Å². The van der Waals surface area contributed by atoms with Crippen molar-refractivity contribution in [2.75, 3.05) is 0 Å². The van der Waals surface area contributed by atoms with Crippen LogP contribution in [0.4, 0.5) is 0 Å². The maximum absolute atomic E-state index is 11.4. The Labute approximate surface area is 96.0 Å². The van der Waals surface area contributed by atoms with Gasteiger partial charge in [-0.15, -0.1) is 0 Å². The Bertz CT molecular complexity index is 284. The topological polar surface area (TPSA) is 66.4 Å². The number of aliphatic carboxylic acids is 1. The van der Waals surface area contributed by atoms with E-state index in [-0.39, 0.29) is 12.3 Å².